The summed E-state index contributed by atoms with van der Waals surface area (Å²) >= 11 is 1.62. The van der Waals surface area contributed by atoms with Crippen LogP contribution in [-0.4, -0.2) is 42.7 Å². The third-order valence-electron chi connectivity index (χ3n) is 5.53. The van der Waals surface area contributed by atoms with E-state index in [0.29, 0.717) is 18.8 Å². The number of aromatic nitrogens is 4. The molecular weight excluding hydrogens is 384 g/mol. The first-order valence-electron chi connectivity index (χ1n) is 10.1. The number of piperidine rings is 1. The number of carbonyl (C=O) groups is 1. The smallest absolute Gasteiger partial charge is 0.274 e. The molecule has 0 radical (unpaired) electrons. The summed E-state index contributed by atoms with van der Waals surface area (Å²) in [6.45, 7) is 4.88. The van der Waals surface area contributed by atoms with Gasteiger partial charge in [0.1, 0.15) is 5.65 Å². The molecule has 0 saturated carbocycles. The van der Waals surface area contributed by atoms with Crippen LogP contribution in [0.25, 0.3) is 10.6 Å². The summed E-state index contributed by atoms with van der Waals surface area (Å²) in [5, 5.41) is 5.49. The van der Waals surface area contributed by atoms with Gasteiger partial charge < -0.3 is 14.6 Å². The van der Waals surface area contributed by atoms with Crippen molar-refractivity contribution in [3.8, 4) is 0 Å². The quantitative estimate of drug-likeness (QED) is 0.550. The van der Waals surface area contributed by atoms with E-state index in [2.05, 4.69) is 10.3 Å². The van der Waals surface area contributed by atoms with E-state index < -0.39 is 0 Å². The molecule has 1 amide bonds. The minimum atomic E-state index is 0.0482. The number of hydrogen-bond donors (Lipinski definition) is 1. The number of rotatable bonds is 5. The number of imidazole rings is 2. The van der Waals surface area contributed by atoms with Gasteiger partial charge in [-0.05, 0) is 37.8 Å². The topological polar surface area (TPSA) is 66.9 Å². The second kappa shape index (κ2) is 7.61. The van der Waals surface area contributed by atoms with Crippen LogP contribution in [0.5, 0.6) is 0 Å². The van der Waals surface area contributed by atoms with Gasteiger partial charge >= 0.3 is 0 Å². The molecule has 0 unspecified atom stereocenters. The van der Waals surface area contributed by atoms with Crippen LogP contribution in [0.4, 0.5) is 0 Å². The van der Waals surface area contributed by atoms with Crippen LogP contribution >= 0.6 is 11.3 Å². The number of nitrogens with one attached hydrogen (secondary N) is 1. The first-order valence-corrected chi connectivity index (χ1v) is 11.0. The van der Waals surface area contributed by atoms with E-state index in [1.165, 1.54) is 6.42 Å². The Balaban J connectivity index is 1.41. The summed E-state index contributed by atoms with van der Waals surface area (Å²) in [5.74, 6) is 0.0482. The highest BCUT2D eigenvalue weighted by atomic mass is 32.1. The number of pyridine rings is 1. The predicted octanol–water partition coefficient (Wildman–Crippen LogP) is 3.27. The third-order valence-corrected chi connectivity index (χ3v) is 6.30. The number of amides is 1. The highest BCUT2D eigenvalue weighted by Crippen LogP contribution is 2.20. The Morgan fingerprint density at radius 3 is 2.86 bits per heavy atom. The molecule has 4 aromatic heterocycles. The monoisotopic (exact) mass is 408 g/mol. The van der Waals surface area contributed by atoms with E-state index in [-0.39, 0.29) is 5.91 Å². The van der Waals surface area contributed by atoms with Gasteiger partial charge in [-0.1, -0.05) is 6.07 Å². The zero-order chi connectivity index (χ0) is 19.8. The summed E-state index contributed by atoms with van der Waals surface area (Å²) in [7, 11) is 0. The molecular formula is C21H24N6OS. The molecule has 1 saturated heterocycles. The van der Waals surface area contributed by atoms with E-state index in [1.807, 2.05) is 56.7 Å². The Labute approximate surface area is 173 Å². The van der Waals surface area contributed by atoms with Crippen molar-refractivity contribution >= 4 is 27.9 Å². The maximum absolute atomic E-state index is 13.2. The lowest BCUT2D eigenvalue weighted by molar-refractivity contribution is 0.0717. The molecule has 0 spiro atoms. The fourth-order valence-corrected chi connectivity index (χ4v) is 4.73. The second-order valence-corrected chi connectivity index (χ2v) is 8.45. The van der Waals surface area contributed by atoms with Gasteiger partial charge in [0.2, 0.25) is 0 Å². The van der Waals surface area contributed by atoms with Crippen molar-refractivity contribution in [1.82, 2.24) is 29.0 Å². The highest BCUT2D eigenvalue weighted by molar-refractivity contribution is 7.15. The third kappa shape index (κ3) is 3.42. The molecule has 1 aliphatic rings. The molecule has 4 aromatic rings. The van der Waals surface area contributed by atoms with Gasteiger partial charge in [0.15, 0.2) is 10.7 Å². The van der Waals surface area contributed by atoms with Crippen molar-refractivity contribution in [3.63, 3.8) is 0 Å². The molecule has 5 heterocycles. The second-order valence-electron chi connectivity index (χ2n) is 7.57. The van der Waals surface area contributed by atoms with Gasteiger partial charge in [-0.15, -0.1) is 11.3 Å². The van der Waals surface area contributed by atoms with Gasteiger partial charge in [0.25, 0.3) is 5.91 Å². The molecule has 0 bridgehead atoms. The SMILES string of the molecule is Cc1cccn2c(CNCc3cn4ccsc4n3)c(C(=O)N3CCCCC3)nc12. The summed E-state index contributed by atoms with van der Waals surface area (Å²) in [6.07, 6.45) is 9.39. The normalized spacial score (nSPS) is 14.9. The van der Waals surface area contributed by atoms with E-state index >= 15 is 0 Å². The molecule has 5 rings (SSSR count). The van der Waals surface area contributed by atoms with Gasteiger partial charge in [-0.25, -0.2) is 9.97 Å². The van der Waals surface area contributed by atoms with Crippen LogP contribution < -0.4 is 5.32 Å². The number of nitrogens with zero attached hydrogens (tertiary/aromatic N) is 5. The van der Waals surface area contributed by atoms with Crippen molar-refractivity contribution in [2.24, 2.45) is 0 Å². The number of aryl methyl sites for hydroxylation is 1. The maximum Gasteiger partial charge on any atom is 0.274 e. The van der Waals surface area contributed by atoms with Crippen LogP contribution in [0.15, 0.2) is 36.1 Å². The zero-order valence-corrected chi connectivity index (χ0v) is 17.3. The molecule has 1 aliphatic heterocycles. The maximum atomic E-state index is 13.2. The molecule has 7 nitrogen and oxygen atoms in total. The fourth-order valence-electron chi connectivity index (χ4n) is 4.01. The average Bonchev–Trinajstić information content (AvgIpc) is 3.42. The van der Waals surface area contributed by atoms with Crippen LogP contribution in [0, 0.1) is 6.92 Å². The molecule has 8 heteroatoms. The number of likely N-dealkylation sites (tertiary alicyclic amines) is 1. The molecule has 0 aliphatic carbocycles. The summed E-state index contributed by atoms with van der Waals surface area (Å²) < 4.78 is 4.08. The van der Waals surface area contributed by atoms with E-state index in [4.69, 9.17) is 4.98 Å². The van der Waals surface area contributed by atoms with Crippen LogP contribution in [0.3, 0.4) is 0 Å². The molecule has 0 atom stereocenters. The molecule has 1 fully saturated rings. The number of carbonyl (C=O) groups excluding carboxylic acids is 1. The zero-order valence-electron chi connectivity index (χ0n) is 16.5. The Bertz CT molecular complexity index is 1140. The van der Waals surface area contributed by atoms with Crippen molar-refractivity contribution in [2.75, 3.05) is 13.1 Å². The first-order chi connectivity index (χ1) is 14.2. The number of thiazole rings is 1. The number of fused-ring (bicyclic) bond motifs is 2. The number of hydrogen-bond acceptors (Lipinski definition) is 5. The van der Waals surface area contributed by atoms with Crippen molar-refractivity contribution in [3.05, 3.63) is 58.7 Å². The van der Waals surface area contributed by atoms with Crippen LogP contribution in [-0.2, 0) is 13.1 Å². The molecule has 1 N–H and O–H groups in total. The van der Waals surface area contributed by atoms with Crippen molar-refractivity contribution in [2.45, 2.75) is 39.3 Å². The Morgan fingerprint density at radius 2 is 2.03 bits per heavy atom. The summed E-state index contributed by atoms with van der Waals surface area (Å²) in [5.41, 5.74) is 4.40. The van der Waals surface area contributed by atoms with E-state index in [9.17, 15) is 4.79 Å². The highest BCUT2D eigenvalue weighted by Gasteiger charge is 2.25. The van der Waals surface area contributed by atoms with Gasteiger partial charge in [0.05, 0.1) is 11.4 Å². The predicted molar refractivity (Wildman–Crippen MR) is 113 cm³/mol. The Kier molecular flexibility index (Phi) is 4.81. The van der Waals surface area contributed by atoms with Gasteiger partial charge in [-0.2, -0.15) is 0 Å². The van der Waals surface area contributed by atoms with Gasteiger partial charge in [0, 0.05) is 50.1 Å². The van der Waals surface area contributed by atoms with Gasteiger partial charge in [-0.3, -0.25) is 9.20 Å². The van der Waals surface area contributed by atoms with Crippen LogP contribution in [0.1, 0.15) is 46.7 Å². The molecule has 150 valence electrons. The van der Waals surface area contributed by atoms with Crippen LogP contribution in [0.2, 0.25) is 0 Å². The lowest BCUT2D eigenvalue weighted by atomic mass is 10.1. The lowest BCUT2D eigenvalue weighted by Crippen LogP contribution is -2.36. The first kappa shape index (κ1) is 18.3. The average molecular weight is 409 g/mol. The van der Waals surface area contributed by atoms with Crippen molar-refractivity contribution in [1.29, 1.82) is 0 Å². The van der Waals surface area contributed by atoms with E-state index in [0.717, 1.165) is 53.5 Å². The fraction of sp³-hybridized carbons (Fsp3) is 0.381. The van der Waals surface area contributed by atoms with Crippen molar-refractivity contribution < 1.29 is 4.79 Å². The minimum Gasteiger partial charge on any atom is -0.337 e. The largest absolute Gasteiger partial charge is 0.337 e. The summed E-state index contributed by atoms with van der Waals surface area (Å²) in [6, 6.07) is 4.04. The molecule has 0 aromatic carbocycles. The lowest BCUT2D eigenvalue weighted by Gasteiger charge is -2.26. The minimum absolute atomic E-state index is 0.0482. The standard InChI is InChI=1S/C21H24N6OS/c1-15-6-5-9-27-17(13-22-12-16-14-26-10-11-29-21(26)23-16)18(24-19(15)27)20(28)25-7-3-2-4-8-25/h5-6,9-11,14,22H,2-4,7-8,12-13H2,1H3. The van der Waals surface area contributed by atoms with E-state index in [1.54, 1.807) is 11.3 Å². The summed E-state index contributed by atoms with van der Waals surface area (Å²) in [4.78, 5) is 25.5. The molecule has 29 heavy (non-hydrogen) atoms. The Hall–Kier alpha value is -2.71. The Morgan fingerprint density at radius 1 is 1.17 bits per heavy atom.